The number of ether oxygens (including phenoxy) is 1. The third kappa shape index (κ3) is 6.62. The lowest BCUT2D eigenvalue weighted by Gasteiger charge is -2.16. The van der Waals surface area contributed by atoms with Crippen LogP contribution in [0.3, 0.4) is 0 Å². The number of nitrogens with zero attached hydrogens (tertiary/aromatic N) is 4. The number of aliphatic imine (C=N–C) groups is 1. The Morgan fingerprint density at radius 2 is 1.97 bits per heavy atom. The Hall–Kier alpha value is -2.26. The summed E-state index contributed by atoms with van der Waals surface area (Å²) in [6.07, 6.45) is 1.75. The lowest BCUT2D eigenvalue weighted by molar-refractivity contribution is -0.124. The molecule has 7 nitrogen and oxygen atoms in total. The number of hydrogen-bond donors (Lipinski definition) is 0. The molecular weight excluding hydrogens is 492 g/mol. The molecule has 2 aromatic rings. The van der Waals surface area contributed by atoms with E-state index in [1.165, 1.54) is 0 Å². The highest BCUT2D eigenvalue weighted by molar-refractivity contribution is 9.10. The number of aryl methyl sites for hydroxylation is 1. The van der Waals surface area contributed by atoms with Gasteiger partial charge < -0.3 is 9.64 Å². The number of halogens is 1. The molecule has 174 valence electrons. The van der Waals surface area contributed by atoms with Crippen LogP contribution in [0.4, 0.5) is 5.69 Å². The number of carbonyl (C=O) groups is 1. The molecule has 0 spiro atoms. The van der Waals surface area contributed by atoms with Crippen molar-refractivity contribution in [1.29, 1.82) is 0 Å². The molecule has 1 aromatic carbocycles. The maximum atomic E-state index is 13.4. The summed E-state index contributed by atoms with van der Waals surface area (Å²) in [5.41, 5.74) is 0.740. The van der Waals surface area contributed by atoms with Gasteiger partial charge in [-0.2, -0.15) is 4.36 Å². The van der Waals surface area contributed by atoms with Gasteiger partial charge in [0.2, 0.25) is 5.88 Å². The van der Waals surface area contributed by atoms with E-state index in [9.17, 15) is 9.00 Å². The number of pyridine rings is 1. The molecule has 0 aliphatic heterocycles. The number of carbonyl (C=O) groups excluding carboxylic acids is 1. The highest BCUT2D eigenvalue weighted by atomic mass is 79.9. The van der Waals surface area contributed by atoms with Gasteiger partial charge in [-0.25, -0.2) is 14.2 Å². The Balaban J connectivity index is 2.38. The lowest BCUT2D eigenvalue weighted by Crippen LogP contribution is -2.20. The van der Waals surface area contributed by atoms with Crippen LogP contribution in [-0.2, 0) is 14.5 Å². The Morgan fingerprint density at radius 1 is 1.28 bits per heavy atom. The van der Waals surface area contributed by atoms with Gasteiger partial charge >= 0.3 is 0 Å². The van der Waals surface area contributed by atoms with Crippen LogP contribution in [0.15, 0.2) is 49.1 Å². The van der Waals surface area contributed by atoms with Gasteiger partial charge in [0.1, 0.15) is 5.75 Å². The van der Waals surface area contributed by atoms with Crippen LogP contribution in [0.2, 0.25) is 0 Å². The van der Waals surface area contributed by atoms with E-state index in [1.54, 1.807) is 58.3 Å². The standard InChI is InChI=1S/C23H31BrN4O3S/c1-8-28(7)15-25-20-14-19(24)21(26-16(20)3)31-17-11-10-12-18(13-17)32(30,9-2)27-22(29)23(4,5)6/h10-15H,8-9H2,1-7H3. The second kappa shape index (κ2) is 10.6. The summed E-state index contributed by atoms with van der Waals surface area (Å²) in [7, 11) is -0.960. The number of aromatic nitrogens is 1. The minimum absolute atomic E-state index is 0.220. The minimum atomic E-state index is -2.91. The molecule has 0 aliphatic carbocycles. The summed E-state index contributed by atoms with van der Waals surface area (Å²) in [5, 5.41) is 0. The Morgan fingerprint density at radius 3 is 2.56 bits per heavy atom. The van der Waals surface area contributed by atoms with Crippen molar-refractivity contribution in [3.8, 4) is 11.6 Å². The molecule has 0 fully saturated rings. The first-order valence-corrected chi connectivity index (χ1v) is 12.9. The van der Waals surface area contributed by atoms with Gasteiger partial charge in [0.05, 0.1) is 36.8 Å². The van der Waals surface area contributed by atoms with Crippen LogP contribution in [0, 0.1) is 12.3 Å². The number of amides is 1. The van der Waals surface area contributed by atoms with Crippen molar-refractivity contribution in [1.82, 2.24) is 9.88 Å². The maximum absolute atomic E-state index is 13.4. The van der Waals surface area contributed by atoms with Crippen LogP contribution >= 0.6 is 15.9 Å². The SMILES string of the molecule is CCN(C)C=Nc1cc(Br)c(Oc2cccc(S(=O)(CC)=NC(=O)C(C)(C)C)c2)nc1C. The molecule has 0 aliphatic rings. The molecule has 32 heavy (non-hydrogen) atoms. The zero-order chi connectivity index (χ0) is 24.1. The van der Waals surface area contributed by atoms with Gasteiger partial charge in [-0.1, -0.05) is 33.8 Å². The van der Waals surface area contributed by atoms with E-state index in [4.69, 9.17) is 4.74 Å². The Bertz CT molecular complexity index is 1130. The van der Waals surface area contributed by atoms with E-state index in [1.807, 2.05) is 31.9 Å². The van der Waals surface area contributed by atoms with Gasteiger partial charge in [-0.3, -0.25) is 4.79 Å². The fourth-order valence-electron chi connectivity index (χ4n) is 2.40. The second-order valence-corrected chi connectivity index (χ2v) is 11.7. The molecule has 1 amide bonds. The molecule has 1 unspecified atom stereocenters. The fourth-order valence-corrected chi connectivity index (χ4v) is 4.48. The molecule has 9 heteroatoms. The summed E-state index contributed by atoms with van der Waals surface area (Å²) in [5.74, 6) is 0.656. The van der Waals surface area contributed by atoms with Crippen molar-refractivity contribution in [2.45, 2.75) is 46.4 Å². The summed E-state index contributed by atoms with van der Waals surface area (Å²) in [6.45, 7) is 11.8. The summed E-state index contributed by atoms with van der Waals surface area (Å²) >= 11 is 3.49. The highest BCUT2D eigenvalue weighted by Gasteiger charge is 2.24. The molecule has 1 aromatic heterocycles. The van der Waals surface area contributed by atoms with Crippen LogP contribution < -0.4 is 4.74 Å². The molecule has 1 atom stereocenters. The van der Waals surface area contributed by atoms with Gasteiger partial charge in [-0.15, -0.1) is 0 Å². The molecule has 1 heterocycles. The van der Waals surface area contributed by atoms with Crippen molar-refractivity contribution < 1.29 is 13.7 Å². The van der Waals surface area contributed by atoms with Crippen LogP contribution in [-0.4, -0.2) is 45.7 Å². The van der Waals surface area contributed by atoms with Gasteiger partial charge in [0.25, 0.3) is 5.91 Å². The van der Waals surface area contributed by atoms with E-state index < -0.39 is 15.1 Å². The second-order valence-electron chi connectivity index (χ2n) is 8.35. The molecular formula is C23H31BrN4O3S. The zero-order valence-corrected chi connectivity index (χ0v) is 22.1. The third-order valence-electron chi connectivity index (χ3n) is 4.65. The molecule has 0 radical (unpaired) electrons. The molecule has 0 bridgehead atoms. The van der Waals surface area contributed by atoms with E-state index in [-0.39, 0.29) is 11.7 Å². The highest BCUT2D eigenvalue weighted by Crippen LogP contribution is 2.33. The van der Waals surface area contributed by atoms with Crippen LogP contribution in [0.1, 0.15) is 40.3 Å². The fraction of sp³-hybridized carbons (Fsp3) is 0.435. The molecule has 0 N–H and O–H groups in total. The predicted octanol–water partition coefficient (Wildman–Crippen LogP) is 5.98. The van der Waals surface area contributed by atoms with Crippen molar-refractivity contribution in [2.24, 2.45) is 14.8 Å². The average Bonchev–Trinajstić information content (AvgIpc) is 2.74. The first-order valence-electron chi connectivity index (χ1n) is 10.4. The molecule has 2 rings (SSSR count). The largest absolute Gasteiger partial charge is 0.438 e. The normalized spacial score (nSPS) is 13.6. The minimum Gasteiger partial charge on any atom is -0.438 e. The van der Waals surface area contributed by atoms with Crippen molar-refractivity contribution >= 4 is 43.6 Å². The number of rotatable bonds is 7. The van der Waals surface area contributed by atoms with E-state index in [0.717, 1.165) is 12.2 Å². The van der Waals surface area contributed by atoms with E-state index in [2.05, 4.69) is 30.3 Å². The first kappa shape index (κ1) is 26.0. The lowest BCUT2D eigenvalue weighted by atomic mass is 9.96. The van der Waals surface area contributed by atoms with Crippen molar-refractivity contribution in [3.63, 3.8) is 0 Å². The smallest absolute Gasteiger partial charge is 0.259 e. The van der Waals surface area contributed by atoms with Gasteiger partial charge in [0, 0.05) is 24.8 Å². The quantitative estimate of drug-likeness (QED) is 0.330. The van der Waals surface area contributed by atoms with Crippen LogP contribution in [0.25, 0.3) is 0 Å². The van der Waals surface area contributed by atoms with Crippen LogP contribution in [0.5, 0.6) is 11.6 Å². The monoisotopic (exact) mass is 522 g/mol. The van der Waals surface area contributed by atoms with E-state index >= 15 is 0 Å². The summed E-state index contributed by atoms with van der Waals surface area (Å²) in [6, 6.07) is 8.67. The summed E-state index contributed by atoms with van der Waals surface area (Å²) in [4.78, 5) is 23.8. The van der Waals surface area contributed by atoms with Gasteiger partial charge in [0.15, 0.2) is 0 Å². The third-order valence-corrected chi connectivity index (χ3v) is 7.45. The van der Waals surface area contributed by atoms with Crippen molar-refractivity contribution in [2.75, 3.05) is 19.3 Å². The number of hydrogen-bond acceptors (Lipinski definition) is 5. The average molecular weight is 523 g/mol. The molecule has 0 saturated heterocycles. The maximum Gasteiger partial charge on any atom is 0.259 e. The molecule has 0 saturated carbocycles. The first-order chi connectivity index (χ1) is 14.9. The van der Waals surface area contributed by atoms with Gasteiger partial charge in [-0.05, 0) is 54.0 Å². The van der Waals surface area contributed by atoms with Crippen molar-refractivity contribution in [3.05, 3.63) is 40.5 Å². The zero-order valence-electron chi connectivity index (χ0n) is 19.7. The Kier molecular flexibility index (Phi) is 8.59. The number of benzene rings is 1. The topological polar surface area (TPSA) is 84.2 Å². The van der Waals surface area contributed by atoms with E-state index in [0.29, 0.717) is 26.7 Å². The predicted molar refractivity (Wildman–Crippen MR) is 133 cm³/mol. The summed E-state index contributed by atoms with van der Waals surface area (Å²) < 4.78 is 24.2. The Labute approximate surface area is 199 Å².